The molecule has 0 saturated carbocycles. The van der Waals surface area contributed by atoms with Crippen molar-refractivity contribution < 1.29 is 19.1 Å². The molecule has 34 heavy (non-hydrogen) atoms. The first kappa shape index (κ1) is 24.8. The van der Waals surface area contributed by atoms with Crippen molar-refractivity contribution in [2.75, 3.05) is 20.3 Å². The lowest BCUT2D eigenvalue weighted by atomic mass is 10.1. The summed E-state index contributed by atoms with van der Waals surface area (Å²) in [6.45, 7) is 3.22. The van der Waals surface area contributed by atoms with E-state index in [0.29, 0.717) is 52.1 Å². The van der Waals surface area contributed by atoms with Gasteiger partial charge in [0.2, 0.25) is 5.78 Å². The molecule has 1 heterocycles. The zero-order valence-electron chi connectivity index (χ0n) is 18.9. The van der Waals surface area contributed by atoms with E-state index in [-0.39, 0.29) is 11.1 Å². The third kappa shape index (κ3) is 5.76. The van der Waals surface area contributed by atoms with Crippen LogP contribution in [0.3, 0.4) is 0 Å². The number of aromatic nitrogens is 1. The smallest absolute Gasteiger partial charge is 0.337 e. The Kier molecular flexibility index (Phi) is 8.68. The molecule has 1 aromatic heterocycles. The summed E-state index contributed by atoms with van der Waals surface area (Å²) < 4.78 is 12.3. The standard InChI is InChI=1S/C26H24N2O5S/c1-3-33-15-7-14-28-24(30)22(16-18-10-12-20(13-11-18)26(31)32-2)34-25(28)21(17-27)23(29)19-8-5-4-6-9-19/h4-6,8-13,16H,3,7,14-15H2,1-2H3/b22-16+,25-21+. The molecule has 0 aliphatic rings. The van der Waals surface area contributed by atoms with Crippen LogP contribution in [0.5, 0.6) is 0 Å². The number of ether oxygens (including phenoxy) is 2. The monoisotopic (exact) mass is 476 g/mol. The van der Waals surface area contributed by atoms with E-state index in [2.05, 4.69) is 0 Å². The molecular formula is C26H24N2O5S. The van der Waals surface area contributed by atoms with Crippen molar-refractivity contribution in [1.82, 2.24) is 4.57 Å². The van der Waals surface area contributed by atoms with Gasteiger partial charge in [-0.1, -0.05) is 42.5 Å². The van der Waals surface area contributed by atoms with Crippen LogP contribution in [0.4, 0.5) is 0 Å². The molecule has 3 rings (SSSR count). The first-order valence-corrected chi connectivity index (χ1v) is 11.5. The number of ketones is 1. The van der Waals surface area contributed by atoms with Gasteiger partial charge in [0.15, 0.2) is 0 Å². The Morgan fingerprint density at radius 3 is 2.41 bits per heavy atom. The Hall–Kier alpha value is -3.80. The van der Waals surface area contributed by atoms with Gasteiger partial charge in [-0.15, -0.1) is 11.3 Å². The number of carbonyl (C=O) groups is 2. The Balaban J connectivity index is 2.14. The molecule has 0 aliphatic carbocycles. The summed E-state index contributed by atoms with van der Waals surface area (Å²) in [5.74, 6) is -0.883. The molecule has 0 spiro atoms. The van der Waals surface area contributed by atoms with Gasteiger partial charge in [0.25, 0.3) is 5.56 Å². The van der Waals surface area contributed by atoms with Crippen LogP contribution >= 0.6 is 11.3 Å². The number of thiazole rings is 1. The minimum atomic E-state index is -0.450. The van der Waals surface area contributed by atoms with Gasteiger partial charge in [-0.25, -0.2) is 4.79 Å². The Morgan fingerprint density at radius 1 is 1.09 bits per heavy atom. The molecule has 0 amide bonds. The number of methoxy groups -OCH3 is 1. The molecule has 0 atom stereocenters. The molecule has 0 saturated heterocycles. The largest absolute Gasteiger partial charge is 0.465 e. The third-order valence-electron chi connectivity index (χ3n) is 5.00. The van der Waals surface area contributed by atoms with Crippen LogP contribution in [0.1, 0.15) is 39.6 Å². The summed E-state index contributed by atoms with van der Waals surface area (Å²) in [4.78, 5) is 38.0. The summed E-state index contributed by atoms with van der Waals surface area (Å²) in [7, 11) is 1.31. The quantitative estimate of drug-likeness (QED) is 0.267. The number of hydrogen-bond acceptors (Lipinski definition) is 7. The fraction of sp³-hybridized carbons (Fsp3) is 0.231. The fourth-order valence-corrected chi connectivity index (χ4v) is 4.42. The van der Waals surface area contributed by atoms with Crippen LogP contribution in [0, 0.1) is 11.3 Å². The summed E-state index contributed by atoms with van der Waals surface area (Å²) in [5, 5.41) is 9.85. The van der Waals surface area contributed by atoms with Gasteiger partial charge in [-0.2, -0.15) is 5.26 Å². The molecule has 8 heteroatoms. The van der Waals surface area contributed by atoms with Crippen LogP contribution < -0.4 is 14.8 Å². The molecule has 0 fully saturated rings. The molecule has 0 bridgehead atoms. The van der Waals surface area contributed by atoms with Gasteiger partial charge >= 0.3 is 5.97 Å². The van der Waals surface area contributed by atoms with Crippen LogP contribution in [0.25, 0.3) is 11.6 Å². The average molecular weight is 477 g/mol. The maximum absolute atomic E-state index is 13.3. The highest BCUT2D eigenvalue weighted by molar-refractivity contribution is 7.07. The van der Waals surface area contributed by atoms with E-state index in [1.165, 1.54) is 11.7 Å². The summed E-state index contributed by atoms with van der Waals surface area (Å²) in [6.07, 6.45) is 2.24. The second kappa shape index (κ2) is 11.9. The van der Waals surface area contributed by atoms with Crippen molar-refractivity contribution in [2.24, 2.45) is 0 Å². The number of benzene rings is 2. The lowest BCUT2D eigenvalue weighted by Gasteiger charge is -2.04. The van der Waals surface area contributed by atoms with Crippen LogP contribution in [-0.2, 0) is 16.0 Å². The first-order chi connectivity index (χ1) is 16.5. The molecule has 174 valence electrons. The molecule has 0 aliphatic heterocycles. The fourth-order valence-electron chi connectivity index (χ4n) is 3.29. The Morgan fingerprint density at radius 2 is 1.79 bits per heavy atom. The maximum Gasteiger partial charge on any atom is 0.337 e. The van der Waals surface area contributed by atoms with E-state index < -0.39 is 11.8 Å². The van der Waals surface area contributed by atoms with Crippen LogP contribution in [0.15, 0.2) is 59.4 Å². The normalized spacial score (nSPS) is 12.2. The minimum absolute atomic E-state index is 0.0783. The van der Waals surface area contributed by atoms with Crippen molar-refractivity contribution >= 4 is 34.7 Å². The second-order valence-corrected chi connectivity index (χ2v) is 8.25. The molecule has 0 radical (unpaired) electrons. The first-order valence-electron chi connectivity index (χ1n) is 10.7. The zero-order valence-corrected chi connectivity index (χ0v) is 19.8. The van der Waals surface area contributed by atoms with Crippen molar-refractivity contribution in [3.05, 3.63) is 90.8 Å². The number of nitrogens with zero attached hydrogens (tertiary/aromatic N) is 2. The highest BCUT2D eigenvalue weighted by atomic mass is 32.1. The summed E-state index contributed by atoms with van der Waals surface area (Å²) in [6, 6.07) is 17.2. The van der Waals surface area contributed by atoms with Crippen molar-refractivity contribution in [3.8, 4) is 6.07 Å². The Labute approximate surface area is 200 Å². The van der Waals surface area contributed by atoms with Gasteiger partial charge in [0.05, 0.1) is 17.2 Å². The van der Waals surface area contributed by atoms with E-state index >= 15 is 0 Å². The minimum Gasteiger partial charge on any atom is -0.465 e. The van der Waals surface area contributed by atoms with Gasteiger partial charge in [-0.05, 0) is 37.1 Å². The molecule has 0 unspecified atom stereocenters. The van der Waals surface area contributed by atoms with Crippen LogP contribution in [-0.4, -0.2) is 36.6 Å². The van der Waals surface area contributed by atoms with E-state index in [1.54, 1.807) is 60.7 Å². The number of rotatable bonds is 9. The molecule has 2 aromatic carbocycles. The van der Waals surface area contributed by atoms with E-state index in [0.717, 1.165) is 11.3 Å². The second-order valence-electron chi connectivity index (χ2n) is 7.22. The van der Waals surface area contributed by atoms with E-state index in [4.69, 9.17) is 9.47 Å². The van der Waals surface area contributed by atoms with E-state index in [1.807, 2.05) is 13.0 Å². The lowest BCUT2D eigenvalue weighted by Crippen LogP contribution is -2.33. The highest BCUT2D eigenvalue weighted by Gasteiger charge is 2.17. The zero-order chi connectivity index (χ0) is 24.5. The summed E-state index contributed by atoms with van der Waals surface area (Å²) >= 11 is 1.10. The predicted molar refractivity (Wildman–Crippen MR) is 130 cm³/mol. The number of nitriles is 1. The van der Waals surface area contributed by atoms with Gasteiger partial charge in [0.1, 0.15) is 16.3 Å². The number of Topliss-reactive ketones (excluding diaryl/α,β-unsaturated/α-hetero) is 1. The van der Waals surface area contributed by atoms with Gasteiger partial charge < -0.3 is 9.47 Å². The third-order valence-corrected chi connectivity index (χ3v) is 6.13. The summed E-state index contributed by atoms with van der Waals surface area (Å²) in [5.41, 5.74) is 1.11. The SMILES string of the molecule is CCOCCCn1c(=O)/c(=C\c2ccc(C(=O)OC)cc2)s/c1=C(\C#N)C(=O)c1ccccc1. The molecular weight excluding hydrogens is 452 g/mol. The number of carbonyl (C=O) groups excluding carboxylic acids is 2. The topological polar surface area (TPSA) is 98.4 Å². The van der Waals surface area contributed by atoms with Crippen LogP contribution in [0.2, 0.25) is 0 Å². The molecule has 0 N–H and O–H groups in total. The Bertz CT molecular complexity index is 1380. The van der Waals surface area contributed by atoms with Gasteiger partial charge in [0, 0.05) is 25.3 Å². The maximum atomic E-state index is 13.3. The average Bonchev–Trinajstić information content (AvgIpc) is 3.17. The van der Waals surface area contributed by atoms with Crippen molar-refractivity contribution in [2.45, 2.75) is 19.9 Å². The predicted octanol–water partition coefficient (Wildman–Crippen LogP) is 2.51. The highest BCUT2D eigenvalue weighted by Crippen LogP contribution is 2.09. The number of hydrogen-bond donors (Lipinski definition) is 0. The van der Waals surface area contributed by atoms with Crippen molar-refractivity contribution in [1.29, 1.82) is 5.26 Å². The lowest BCUT2D eigenvalue weighted by molar-refractivity contribution is 0.0600. The van der Waals surface area contributed by atoms with Gasteiger partial charge in [-0.3, -0.25) is 14.2 Å². The van der Waals surface area contributed by atoms with Crippen molar-refractivity contribution in [3.63, 3.8) is 0 Å². The number of esters is 1. The van der Waals surface area contributed by atoms with E-state index in [9.17, 15) is 19.6 Å². The molecule has 3 aromatic rings. The molecule has 7 nitrogen and oxygen atoms in total.